The molecule has 2 bridgehead atoms. The van der Waals surface area contributed by atoms with E-state index in [1.807, 2.05) is 13.8 Å². The van der Waals surface area contributed by atoms with Gasteiger partial charge in [-0.2, -0.15) is 0 Å². The minimum Gasteiger partial charge on any atom is -0.459 e. The lowest BCUT2D eigenvalue weighted by molar-refractivity contribution is -0.278. The summed E-state index contributed by atoms with van der Waals surface area (Å²) in [6.45, 7) is 6.99. The first-order valence-corrected chi connectivity index (χ1v) is 10.2. The molecule has 9 heteroatoms. The zero-order valence-electron chi connectivity index (χ0n) is 17.1. The van der Waals surface area contributed by atoms with Gasteiger partial charge in [-0.05, 0) is 12.8 Å². The molecule has 11 atom stereocenters. The molecule has 3 heterocycles. The molecule has 0 amide bonds. The second kappa shape index (κ2) is 5.31. The van der Waals surface area contributed by atoms with E-state index in [4.69, 9.17) is 18.9 Å². The third-order valence-corrected chi connectivity index (χ3v) is 8.70. The first-order valence-electron chi connectivity index (χ1n) is 10.2. The lowest BCUT2D eigenvalue weighted by Gasteiger charge is -2.57. The minimum absolute atomic E-state index is 0.0370. The van der Waals surface area contributed by atoms with Crippen LogP contribution in [0.15, 0.2) is 0 Å². The Morgan fingerprint density at radius 3 is 2.41 bits per heavy atom. The van der Waals surface area contributed by atoms with E-state index in [-0.39, 0.29) is 12.3 Å². The van der Waals surface area contributed by atoms with Crippen LogP contribution in [0.5, 0.6) is 0 Å². The minimum atomic E-state index is -1.96. The van der Waals surface area contributed by atoms with Gasteiger partial charge < -0.3 is 34.3 Å². The topological polar surface area (TPSA) is 135 Å². The lowest BCUT2D eigenvalue weighted by atomic mass is 9.50. The average Bonchev–Trinajstić information content (AvgIpc) is 3.30. The van der Waals surface area contributed by atoms with Gasteiger partial charge in [-0.1, -0.05) is 20.8 Å². The number of methoxy groups -OCH3 is 1. The van der Waals surface area contributed by atoms with Crippen molar-refractivity contribution in [2.75, 3.05) is 7.11 Å². The molecule has 0 aromatic heterocycles. The highest BCUT2D eigenvalue weighted by Gasteiger charge is 2.94. The number of ether oxygens (including phenoxy) is 4. The van der Waals surface area contributed by atoms with Gasteiger partial charge in [-0.3, -0.25) is 4.79 Å². The maximum absolute atomic E-state index is 12.8. The molecule has 5 rings (SSSR count). The van der Waals surface area contributed by atoms with Gasteiger partial charge in [0.1, 0.15) is 30.0 Å². The highest BCUT2D eigenvalue weighted by molar-refractivity contribution is 5.85. The Kier molecular flexibility index (Phi) is 3.61. The summed E-state index contributed by atoms with van der Waals surface area (Å²) in [6, 6.07) is 0. The number of aliphatic hydroxyl groups excluding tert-OH is 1. The van der Waals surface area contributed by atoms with Gasteiger partial charge in [0.05, 0.1) is 17.4 Å². The quantitative estimate of drug-likeness (QED) is 0.400. The van der Waals surface area contributed by atoms with Gasteiger partial charge in [0.25, 0.3) is 0 Å². The maximum atomic E-state index is 12.8. The van der Waals surface area contributed by atoms with Crippen molar-refractivity contribution in [3.8, 4) is 0 Å². The van der Waals surface area contributed by atoms with Gasteiger partial charge >= 0.3 is 11.9 Å². The first kappa shape index (κ1) is 19.7. The van der Waals surface area contributed by atoms with Crippen molar-refractivity contribution in [3.05, 3.63) is 0 Å². The molecule has 1 spiro atoms. The molecular formula is C20H28O9. The Morgan fingerprint density at radius 1 is 1.17 bits per heavy atom. The van der Waals surface area contributed by atoms with Crippen molar-refractivity contribution in [1.29, 1.82) is 0 Å². The van der Waals surface area contributed by atoms with Crippen LogP contribution >= 0.6 is 0 Å². The van der Waals surface area contributed by atoms with E-state index in [0.29, 0.717) is 0 Å². The second-order valence-corrected chi connectivity index (χ2v) is 9.91. The molecule has 3 aliphatic heterocycles. The maximum Gasteiger partial charge on any atom is 0.341 e. The summed E-state index contributed by atoms with van der Waals surface area (Å²) in [7, 11) is 1.37. The van der Waals surface area contributed by atoms with Gasteiger partial charge in [-0.15, -0.1) is 0 Å². The summed E-state index contributed by atoms with van der Waals surface area (Å²) in [6.07, 6.45) is -4.75. The predicted molar refractivity (Wildman–Crippen MR) is 94.3 cm³/mol. The fourth-order valence-electron chi connectivity index (χ4n) is 6.91. The van der Waals surface area contributed by atoms with Crippen molar-refractivity contribution in [1.82, 2.24) is 0 Å². The summed E-state index contributed by atoms with van der Waals surface area (Å²) in [5.41, 5.74) is -6.72. The van der Waals surface area contributed by atoms with E-state index in [9.17, 15) is 24.9 Å². The highest BCUT2D eigenvalue weighted by atomic mass is 16.7. The number of hydrogen-bond acceptors (Lipinski definition) is 9. The fraction of sp³-hybridized carbons (Fsp3) is 0.900. The molecule has 0 aromatic carbocycles. The summed E-state index contributed by atoms with van der Waals surface area (Å²) in [4.78, 5) is 25.6. The molecule has 0 aromatic rings. The van der Waals surface area contributed by atoms with E-state index in [1.54, 1.807) is 13.8 Å². The Bertz CT molecular complexity index is 799. The smallest absolute Gasteiger partial charge is 0.341 e. The Hall–Kier alpha value is -1.26. The first-order chi connectivity index (χ1) is 13.4. The number of carbonyl (C=O) groups is 2. The molecule has 29 heavy (non-hydrogen) atoms. The Balaban J connectivity index is 1.67. The monoisotopic (exact) mass is 412 g/mol. The summed E-state index contributed by atoms with van der Waals surface area (Å²) in [5, 5.41) is 34.5. The molecule has 5 aliphatic rings. The molecule has 11 unspecified atom stereocenters. The van der Waals surface area contributed by atoms with Gasteiger partial charge in [0.2, 0.25) is 0 Å². The lowest BCUT2D eigenvalue weighted by Crippen LogP contribution is -2.73. The zero-order valence-corrected chi connectivity index (χ0v) is 17.1. The second-order valence-electron chi connectivity index (χ2n) is 9.91. The van der Waals surface area contributed by atoms with Gasteiger partial charge in [0, 0.05) is 19.4 Å². The van der Waals surface area contributed by atoms with Crippen LogP contribution in [-0.2, 0) is 28.5 Å². The fourth-order valence-corrected chi connectivity index (χ4v) is 6.91. The molecule has 162 valence electrons. The van der Waals surface area contributed by atoms with Crippen molar-refractivity contribution in [3.63, 3.8) is 0 Å². The van der Waals surface area contributed by atoms with Gasteiger partial charge in [-0.25, -0.2) is 4.79 Å². The summed E-state index contributed by atoms with van der Waals surface area (Å²) < 4.78 is 22.3. The van der Waals surface area contributed by atoms with Crippen LogP contribution in [0.2, 0.25) is 0 Å². The third-order valence-electron chi connectivity index (χ3n) is 8.70. The van der Waals surface area contributed by atoms with Crippen LogP contribution in [0.1, 0.15) is 34.1 Å². The van der Waals surface area contributed by atoms with E-state index < -0.39 is 76.5 Å². The largest absolute Gasteiger partial charge is 0.459 e. The number of epoxide rings is 1. The molecular weight excluding hydrogens is 384 g/mol. The van der Waals surface area contributed by atoms with Crippen LogP contribution in [0.25, 0.3) is 0 Å². The SMILES string of the molecule is COC(C)C1(O)CC2(OC1=O)C1OC1C1(O)C3C(=O)OC(C3C(C)C)C(O)C21C. The number of fused-ring (bicyclic) bond motifs is 8. The predicted octanol–water partition coefficient (Wildman–Crippen LogP) is -0.855. The van der Waals surface area contributed by atoms with Gasteiger partial charge in [0.15, 0.2) is 11.2 Å². The number of rotatable bonds is 3. The van der Waals surface area contributed by atoms with Crippen molar-refractivity contribution in [2.24, 2.45) is 23.2 Å². The van der Waals surface area contributed by atoms with E-state index in [0.717, 1.165) is 0 Å². The van der Waals surface area contributed by atoms with Crippen LogP contribution < -0.4 is 0 Å². The normalized spacial score (nSPS) is 58.2. The van der Waals surface area contributed by atoms with Crippen LogP contribution in [0.4, 0.5) is 0 Å². The Labute approximate surface area is 168 Å². The number of esters is 2. The molecule has 0 radical (unpaired) electrons. The number of aliphatic hydroxyl groups is 3. The Morgan fingerprint density at radius 2 is 1.83 bits per heavy atom. The molecule has 5 fully saturated rings. The zero-order chi connectivity index (χ0) is 21.3. The van der Waals surface area contributed by atoms with Crippen molar-refractivity contribution < 1.29 is 43.9 Å². The van der Waals surface area contributed by atoms with Crippen molar-refractivity contribution in [2.45, 2.75) is 81.4 Å². The van der Waals surface area contributed by atoms with Crippen molar-refractivity contribution >= 4 is 11.9 Å². The molecule has 2 saturated carbocycles. The van der Waals surface area contributed by atoms with Crippen LogP contribution in [-0.4, -0.2) is 81.7 Å². The molecule has 9 nitrogen and oxygen atoms in total. The summed E-state index contributed by atoms with van der Waals surface area (Å²) in [5.74, 6) is -2.81. The summed E-state index contributed by atoms with van der Waals surface area (Å²) >= 11 is 0. The van der Waals surface area contributed by atoms with Crippen LogP contribution in [0.3, 0.4) is 0 Å². The third kappa shape index (κ3) is 1.79. The molecule has 3 N–H and O–H groups in total. The standard InChI is InChI=1S/C20H28O9/c1-7(2)9-10-15(22)27-11(9)12(21)17(4)19(13-14(28-13)20(10,17)25)6-18(24,8(3)26-5)16(23)29-19/h7-14,21,24-25H,6H2,1-5H3. The van der Waals surface area contributed by atoms with E-state index in [1.165, 1.54) is 7.11 Å². The number of carbonyl (C=O) groups excluding carboxylic acids is 2. The highest BCUT2D eigenvalue weighted by Crippen LogP contribution is 2.75. The molecule has 2 aliphatic carbocycles. The average molecular weight is 412 g/mol. The van der Waals surface area contributed by atoms with E-state index >= 15 is 0 Å². The van der Waals surface area contributed by atoms with Crippen LogP contribution in [0, 0.1) is 23.2 Å². The molecule has 3 saturated heterocycles. The van der Waals surface area contributed by atoms with E-state index in [2.05, 4.69) is 0 Å². The number of hydrogen-bond donors (Lipinski definition) is 3.